The Morgan fingerprint density at radius 2 is 1.94 bits per heavy atom. The van der Waals surface area contributed by atoms with Crippen LogP contribution in [0.2, 0.25) is 0 Å². The van der Waals surface area contributed by atoms with Gasteiger partial charge in [0.1, 0.15) is 17.7 Å². The van der Waals surface area contributed by atoms with Crippen LogP contribution in [0.3, 0.4) is 0 Å². The van der Waals surface area contributed by atoms with Gasteiger partial charge in [-0.05, 0) is 37.8 Å². The number of rotatable bonds is 4. The number of nitro groups is 1. The zero-order chi connectivity index (χ0) is 26.0. The van der Waals surface area contributed by atoms with Crippen molar-refractivity contribution >= 4 is 29.6 Å². The first-order chi connectivity index (χ1) is 17.1. The third-order valence-electron chi connectivity index (χ3n) is 6.95. The van der Waals surface area contributed by atoms with Crippen molar-refractivity contribution in [3.05, 3.63) is 52.1 Å². The molecule has 2 fully saturated rings. The number of esters is 1. The summed E-state index contributed by atoms with van der Waals surface area (Å²) in [7, 11) is 1.63. The van der Waals surface area contributed by atoms with E-state index in [1.807, 2.05) is 12.2 Å². The second-order valence-corrected chi connectivity index (χ2v) is 9.44. The number of nitrogens with zero attached hydrogens (tertiary/aromatic N) is 3. The van der Waals surface area contributed by atoms with Gasteiger partial charge in [0, 0.05) is 38.1 Å². The minimum atomic E-state index is -1.41. The van der Waals surface area contributed by atoms with Crippen LogP contribution in [-0.4, -0.2) is 81.5 Å². The van der Waals surface area contributed by atoms with E-state index in [1.165, 1.54) is 34.1 Å². The quantitative estimate of drug-likeness (QED) is 0.275. The summed E-state index contributed by atoms with van der Waals surface area (Å²) in [4.78, 5) is 64.1. The fourth-order valence-electron chi connectivity index (χ4n) is 4.73. The summed E-state index contributed by atoms with van der Waals surface area (Å²) in [5, 5.41) is 23.3. The van der Waals surface area contributed by atoms with Gasteiger partial charge in [0.25, 0.3) is 5.69 Å². The van der Waals surface area contributed by atoms with E-state index < -0.39 is 46.5 Å². The third kappa shape index (κ3) is 5.02. The Balaban J connectivity index is 1.53. The fourth-order valence-corrected chi connectivity index (χ4v) is 4.73. The maximum Gasteiger partial charge on any atom is 0.338 e. The highest BCUT2D eigenvalue weighted by molar-refractivity contribution is 5.95. The highest BCUT2D eigenvalue weighted by atomic mass is 16.6. The predicted molar refractivity (Wildman–Crippen MR) is 125 cm³/mol. The molecule has 4 unspecified atom stereocenters. The first-order valence-electron chi connectivity index (χ1n) is 11.8. The molecule has 4 atom stereocenters. The smallest absolute Gasteiger partial charge is 0.338 e. The summed E-state index contributed by atoms with van der Waals surface area (Å²) in [6, 6.07) is 3.49. The molecule has 0 radical (unpaired) electrons. The number of carbonyl (C=O) groups is 4. The molecule has 0 bridgehead atoms. The second-order valence-electron chi connectivity index (χ2n) is 9.44. The maximum absolute atomic E-state index is 13.3. The highest BCUT2D eigenvalue weighted by Crippen LogP contribution is 2.45. The molecule has 192 valence electrons. The van der Waals surface area contributed by atoms with E-state index in [1.54, 1.807) is 7.05 Å². The molecule has 0 aromatic heterocycles. The van der Waals surface area contributed by atoms with Crippen LogP contribution < -0.4 is 5.32 Å². The van der Waals surface area contributed by atoms with Crippen LogP contribution in [-0.2, 0) is 14.3 Å². The lowest BCUT2D eigenvalue weighted by molar-refractivity contribution is -0.384. The largest absolute Gasteiger partial charge is 0.479 e. The van der Waals surface area contributed by atoms with E-state index >= 15 is 0 Å². The van der Waals surface area contributed by atoms with E-state index in [2.05, 4.69) is 5.32 Å². The van der Waals surface area contributed by atoms with Crippen molar-refractivity contribution in [3.63, 3.8) is 0 Å². The molecule has 2 aliphatic heterocycles. The van der Waals surface area contributed by atoms with Gasteiger partial charge in [0.2, 0.25) is 5.91 Å². The van der Waals surface area contributed by atoms with Gasteiger partial charge in [-0.2, -0.15) is 0 Å². The average Bonchev–Trinajstić information content (AvgIpc) is 3.38. The molecule has 1 aliphatic carbocycles. The van der Waals surface area contributed by atoms with Gasteiger partial charge in [0.15, 0.2) is 0 Å². The Morgan fingerprint density at radius 3 is 2.61 bits per heavy atom. The number of carboxylic acids is 1. The molecule has 2 N–H and O–H groups in total. The molecule has 1 saturated carbocycles. The molecule has 3 amide bonds. The summed E-state index contributed by atoms with van der Waals surface area (Å²) in [6.45, 7) is 0.441. The number of urea groups is 1. The van der Waals surface area contributed by atoms with Crippen LogP contribution in [0.15, 0.2) is 36.4 Å². The molecule has 1 aromatic rings. The summed E-state index contributed by atoms with van der Waals surface area (Å²) in [5.74, 6) is -2.81. The van der Waals surface area contributed by atoms with E-state index in [4.69, 9.17) is 4.74 Å². The second kappa shape index (κ2) is 9.96. The van der Waals surface area contributed by atoms with E-state index in [9.17, 15) is 34.4 Å². The van der Waals surface area contributed by atoms with Gasteiger partial charge < -0.3 is 25.0 Å². The van der Waals surface area contributed by atoms with Crippen molar-refractivity contribution in [1.29, 1.82) is 0 Å². The predicted octanol–water partition coefficient (Wildman–Crippen LogP) is 1.95. The Kier molecular flexibility index (Phi) is 6.95. The summed E-state index contributed by atoms with van der Waals surface area (Å²) < 4.78 is 5.54. The number of carboxylic acid groups (broad SMARTS) is 1. The lowest BCUT2D eigenvalue weighted by Gasteiger charge is -2.29. The van der Waals surface area contributed by atoms with Gasteiger partial charge >= 0.3 is 18.0 Å². The first kappa shape index (κ1) is 25.1. The SMILES string of the molecule is CN1CCCCC=CC2CC2(C(=O)O)NC(=O)C2CC(OC(=O)c3ccc([N+](=O)[O-])cc3)CN2C1=O. The number of nitro benzene ring substituents is 1. The highest BCUT2D eigenvalue weighted by Gasteiger charge is 2.61. The number of benzene rings is 1. The number of hydrogen-bond donors (Lipinski definition) is 2. The van der Waals surface area contributed by atoms with Gasteiger partial charge in [-0.1, -0.05) is 12.2 Å². The minimum Gasteiger partial charge on any atom is -0.479 e. The van der Waals surface area contributed by atoms with Crippen LogP contribution in [0.5, 0.6) is 0 Å². The number of hydrogen-bond acceptors (Lipinski definition) is 7. The summed E-state index contributed by atoms with van der Waals surface area (Å²) in [5.41, 5.74) is -1.49. The zero-order valence-electron chi connectivity index (χ0n) is 19.8. The first-order valence-corrected chi connectivity index (χ1v) is 11.8. The zero-order valence-corrected chi connectivity index (χ0v) is 19.8. The molecule has 3 aliphatic rings. The normalized spacial score (nSPS) is 28.4. The van der Waals surface area contributed by atoms with E-state index in [-0.39, 0.29) is 36.6 Å². The van der Waals surface area contributed by atoms with Crippen LogP contribution >= 0.6 is 0 Å². The topological polar surface area (TPSA) is 159 Å². The van der Waals surface area contributed by atoms with Crippen molar-refractivity contribution in [1.82, 2.24) is 15.1 Å². The Bertz CT molecular complexity index is 1100. The standard InChI is InChI=1S/C24H28N4O8/c1-26-11-5-3-2-4-6-16-13-24(16,22(31)32)25-20(29)19-12-18(14-27(19)23(26)33)36-21(30)15-7-9-17(10-8-15)28(34)35/h4,6-10,16,18-19H,2-3,5,11-14H2,1H3,(H,25,29)(H,31,32). The minimum absolute atomic E-state index is 0.000337. The average molecular weight is 501 g/mol. The lowest BCUT2D eigenvalue weighted by Crippen LogP contribution is -2.54. The number of amides is 3. The van der Waals surface area contributed by atoms with Gasteiger partial charge in [0.05, 0.1) is 17.0 Å². The molecule has 4 rings (SSSR count). The summed E-state index contributed by atoms with van der Waals surface area (Å²) in [6.07, 6.45) is 5.52. The Hall–Kier alpha value is -3.96. The maximum atomic E-state index is 13.3. The number of aliphatic carboxylic acids is 1. The number of allylic oxidation sites excluding steroid dienone is 1. The van der Waals surface area contributed by atoms with Crippen LogP contribution in [0.1, 0.15) is 42.5 Å². The molecule has 1 saturated heterocycles. The number of ether oxygens (including phenoxy) is 1. The van der Waals surface area contributed by atoms with E-state index in [0.717, 1.165) is 19.3 Å². The van der Waals surface area contributed by atoms with Crippen molar-refractivity contribution in [3.8, 4) is 0 Å². The number of non-ortho nitro benzene ring substituents is 1. The molecule has 2 heterocycles. The molecule has 1 aromatic carbocycles. The Labute approximate surface area is 207 Å². The fraction of sp³-hybridized carbons (Fsp3) is 0.500. The number of fused-ring (bicyclic) bond motifs is 2. The molecule has 36 heavy (non-hydrogen) atoms. The van der Waals surface area contributed by atoms with Crippen LogP contribution in [0, 0.1) is 16.0 Å². The van der Waals surface area contributed by atoms with Gasteiger partial charge in [-0.15, -0.1) is 0 Å². The van der Waals surface area contributed by atoms with E-state index in [0.29, 0.717) is 6.54 Å². The Morgan fingerprint density at radius 1 is 1.22 bits per heavy atom. The van der Waals surface area contributed by atoms with Gasteiger partial charge in [-0.25, -0.2) is 14.4 Å². The monoisotopic (exact) mass is 500 g/mol. The molecular formula is C24H28N4O8. The molecule has 12 nitrogen and oxygen atoms in total. The lowest BCUT2D eigenvalue weighted by atomic mass is 10.1. The molecule has 12 heteroatoms. The third-order valence-corrected chi connectivity index (χ3v) is 6.95. The van der Waals surface area contributed by atoms with Crippen molar-refractivity contribution < 1.29 is 33.9 Å². The van der Waals surface area contributed by atoms with Crippen molar-refractivity contribution in [2.75, 3.05) is 20.1 Å². The molecular weight excluding hydrogens is 472 g/mol. The number of carbonyl (C=O) groups excluding carboxylic acids is 3. The van der Waals surface area contributed by atoms with Crippen molar-refractivity contribution in [2.45, 2.75) is 49.8 Å². The molecule has 0 spiro atoms. The summed E-state index contributed by atoms with van der Waals surface area (Å²) >= 11 is 0. The van der Waals surface area contributed by atoms with Crippen LogP contribution in [0.25, 0.3) is 0 Å². The van der Waals surface area contributed by atoms with Crippen LogP contribution in [0.4, 0.5) is 10.5 Å². The number of nitrogens with one attached hydrogen (secondary N) is 1. The van der Waals surface area contributed by atoms with Gasteiger partial charge in [-0.3, -0.25) is 14.9 Å². The van der Waals surface area contributed by atoms with Crippen molar-refractivity contribution in [2.24, 2.45) is 5.92 Å².